The molecule has 0 saturated carbocycles. The summed E-state index contributed by atoms with van der Waals surface area (Å²) in [5, 5.41) is 0. The van der Waals surface area contributed by atoms with Crippen molar-refractivity contribution in [2.24, 2.45) is 5.73 Å². The maximum absolute atomic E-state index is 10.6. The second-order valence-electron chi connectivity index (χ2n) is 2.04. The van der Waals surface area contributed by atoms with Crippen LogP contribution in [0.5, 0.6) is 0 Å². The monoisotopic (exact) mass is 181 g/mol. The first-order valence-corrected chi connectivity index (χ1v) is 4.68. The topological polar surface area (TPSA) is 86.5 Å². The lowest BCUT2D eigenvalue weighted by Crippen LogP contribution is -2.31. The van der Waals surface area contributed by atoms with E-state index in [0.717, 1.165) is 0 Å². The molecule has 0 unspecified atom stereocenters. The fourth-order valence-electron chi connectivity index (χ4n) is 0.260. The number of rotatable bonds is 3. The van der Waals surface area contributed by atoms with E-state index in [9.17, 15) is 13.2 Å². The van der Waals surface area contributed by atoms with Crippen LogP contribution in [0.15, 0.2) is 0 Å². The largest absolute Gasteiger partial charge is 0.344 e. The van der Waals surface area contributed by atoms with E-state index in [1.807, 2.05) is 0 Å². The summed E-state index contributed by atoms with van der Waals surface area (Å²) in [6.45, 7) is 2.73. The Bertz CT molecular complexity index is 231. The Balaban J connectivity index is 4.17. The van der Waals surface area contributed by atoms with Crippen molar-refractivity contribution in [2.45, 2.75) is 19.9 Å². The molecule has 11 heavy (non-hydrogen) atoms. The summed E-state index contributed by atoms with van der Waals surface area (Å²) in [5.41, 5.74) is 5.06. The average Bonchev–Trinajstić information content (AvgIpc) is 1.87. The molecule has 6 heteroatoms. The standard InChI is InChI=1S/C5H11NO4S/c1-3-11(8,9)10-5(7)4(2)6/h4H,3,6H2,1-2H3/t4-/m0/s1. The Morgan fingerprint density at radius 2 is 2.09 bits per heavy atom. The average molecular weight is 181 g/mol. The number of hydrogen-bond acceptors (Lipinski definition) is 5. The highest BCUT2D eigenvalue weighted by Crippen LogP contribution is 1.94. The minimum absolute atomic E-state index is 0.231. The van der Waals surface area contributed by atoms with Gasteiger partial charge in [0.2, 0.25) is 0 Å². The lowest BCUT2D eigenvalue weighted by Gasteiger charge is -2.04. The second kappa shape index (κ2) is 3.68. The quantitative estimate of drug-likeness (QED) is 0.577. The van der Waals surface area contributed by atoms with Crippen molar-refractivity contribution in [3.8, 4) is 0 Å². The maximum Gasteiger partial charge on any atom is 0.338 e. The molecule has 0 spiro atoms. The molecule has 0 heterocycles. The van der Waals surface area contributed by atoms with E-state index < -0.39 is 22.1 Å². The molecule has 0 aliphatic rings. The van der Waals surface area contributed by atoms with Gasteiger partial charge in [0.1, 0.15) is 6.04 Å². The molecule has 0 bridgehead atoms. The van der Waals surface area contributed by atoms with Gasteiger partial charge in [-0.1, -0.05) is 0 Å². The van der Waals surface area contributed by atoms with Gasteiger partial charge >= 0.3 is 16.1 Å². The normalized spacial score (nSPS) is 14.1. The van der Waals surface area contributed by atoms with Gasteiger partial charge in [-0.05, 0) is 13.8 Å². The molecule has 0 fully saturated rings. The molecule has 0 amide bonds. The molecule has 0 aliphatic carbocycles. The molecule has 0 aliphatic heterocycles. The number of nitrogens with two attached hydrogens (primary N) is 1. The molecular weight excluding hydrogens is 170 g/mol. The second-order valence-corrected chi connectivity index (χ2v) is 3.90. The summed E-state index contributed by atoms with van der Waals surface area (Å²) in [4.78, 5) is 10.6. The Kier molecular flexibility index (Phi) is 3.47. The van der Waals surface area contributed by atoms with Crippen LogP contribution in [0.25, 0.3) is 0 Å². The van der Waals surface area contributed by atoms with E-state index in [2.05, 4.69) is 4.18 Å². The smallest absolute Gasteiger partial charge is 0.338 e. The first kappa shape index (κ1) is 10.4. The minimum Gasteiger partial charge on any atom is -0.344 e. The van der Waals surface area contributed by atoms with Gasteiger partial charge in [-0.15, -0.1) is 0 Å². The van der Waals surface area contributed by atoms with E-state index >= 15 is 0 Å². The Morgan fingerprint density at radius 1 is 1.64 bits per heavy atom. The fourth-order valence-corrected chi connectivity index (χ4v) is 0.780. The molecule has 0 aromatic heterocycles. The van der Waals surface area contributed by atoms with E-state index in [-0.39, 0.29) is 5.75 Å². The van der Waals surface area contributed by atoms with Crippen LogP contribution in [-0.4, -0.2) is 26.2 Å². The van der Waals surface area contributed by atoms with Gasteiger partial charge in [-0.2, -0.15) is 8.42 Å². The highest BCUT2D eigenvalue weighted by molar-refractivity contribution is 7.87. The molecule has 2 N–H and O–H groups in total. The number of carbonyl (C=O) groups excluding carboxylic acids is 1. The first-order valence-electron chi connectivity index (χ1n) is 3.10. The van der Waals surface area contributed by atoms with E-state index in [0.29, 0.717) is 0 Å². The molecule has 0 saturated heterocycles. The van der Waals surface area contributed by atoms with Gasteiger partial charge in [0.05, 0.1) is 5.75 Å². The lowest BCUT2D eigenvalue weighted by molar-refractivity contribution is -0.134. The highest BCUT2D eigenvalue weighted by Gasteiger charge is 2.17. The Morgan fingerprint density at radius 3 is 2.36 bits per heavy atom. The van der Waals surface area contributed by atoms with Crippen LogP contribution in [0.3, 0.4) is 0 Å². The van der Waals surface area contributed by atoms with Gasteiger partial charge in [-0.25, -0.2) is 4.79 Å². The summed E-state index contributed by atoms with van der Waals surface area (Å²) in [6.07, 6.45) is 0. The summed E-state index contributed by atoms with van der Waals surface area (Å²) >= 11 is 0. The van der Waals surface area contributed by atoms with Crippen LogP contribution in [0.1, 0.15) is 13.8 Å². The van der Waals surface area contributed by atoms with Crippen LogP contribution in [0.2, 0.25) is 0 Å². The van der Waals surface area contributed by atoms with Crippen molar-refractivity contribution in [1.82, 2.24) is 0 Å². The van der Waals surface area contributed by atoms with Gasteiger partial charge < -0.3 is 9.92 Å². The van der Waals surface area contributed by atoms with Gasteiger partial charge in [0, 0.05) is 0 Å². The zero-order valence-corrected chi connectivity index (χ0v) is 7.22. The Labute approximate surface area is 65.6 Å². The van der Waals surface area contributed by atoms with Crippen LogP contribution in [0, 0.1) is 0 Å². The molecule has 0 aromatic carbocycles. The third-order valence-corrected chi connectivity index (χ3v) is 2.06. The maximum atomic E-state index is 10.6. The predicted octanol–water partition coefficient (Wildman–Crippen LogP) is -0.773. The van der Waals surface area contributed by atoms with Gasteiger partial charge in [0.15, 0.2) is 0 Å². The summed E-state index contributed by atoms with van der Waals surface area (Å²) in [6, 6.07) is -0.906. The third-order valence-electron chi connectivity index (χ3n) is 0.934. The van der Waals surface area contributed by atoms with Crippen molar-refractivity contribution in [2.75, 3.05) is 5.75 Å². The molecule has 0 radical (unpaired) electrons. The van der Waals surface area contributed by atoms with Crippen molar-refractivity contribution in [3.05, 3.63) is 0 Å². The lowest BCUT2D eigenvalue weighted by atomic mass is 10.4. The molecule has 1 atom stereocenters. The van der Waals surface area contributed by atoms with Crippen molar-refractivity contribution >= 4 is 16.1 Å². The van der Waals surface area contributed by atoms with E-state index in [4.69, 9.17) is 5.73 Å². The molecule has 0 aromatic rings. The summed E-state index contributed by atoms with van der Waals surface area (Å²) in [7, 11) is -3.69. The SMILES string of the molecule is CCS(=O)(=O)OC(=O)[C@H](C)N. The third kappa shape index (κ3) is 3.94. The number of carbonyl (C=O) groups is 1. The predicted molar refractivity (Wildman–Crippen MR) is 39.2 cm³/mol. The molecule has 66 valence electrons. The van der Waals surface area contributed by atoms with Crippen LogP contribution >= 0.6 is 0 Å². The Hall–Kier alpha value is -0.620. The molecule has 0 rings (SSSR count). The number of hydrogen-bond donors (Lipinski definition) is 1. The fraction of sp³-hybridized carbons (Fsp3) is 0.800. The van der Waals surface area contributed by atoms with E-state index in [1.54, 1.807) is 0 Å². The summed E-state index contributed by atoms with van der Waals surface area (Å²) in [5.74, 6) is -1.15. The minimum atomic E-state index is -3.69. The zero-order valence-electron chi connectivity index (χ0n) is 6.40. The first-order chi connectivity index (χ1) is 4.89. The van der Waals surface area contributed by atoms with Crippen LogP contribution in [-0.2, 0) is 19.1 Å². The zero-order chi connectivity index (χ0) is 9.07. The van der Waals surface area contributed by atoms with Gasteiger partial charge in [0.25, 0.3) is 0 Å². The summed E-state index contributed by atoms with van der Waals surface area (Å²) < 4.78 is 25.3. The highest BCUT2D eigenvalue weighted by atomic mass is 32.2. The molecule has 5 nitrogen and oxygen atoms in total. The van der Waals surface area contributed by atoms with Crippen molar-refractivity contribution < 1.29 is 17.4 Å². The van der Waals surface area contributed by atoms with Crippen LogP contribution in [0.4, 0.5) is 0 Å². The van der Waals surface area contributed by atoms with Crippen LogP contribution < -0.4 is 5.73 Å². The molecular formula is C5H11NO4S. The van der Waals surface area contributed by atoms with Crippen molar-refractivity contribution in [1.29, 1.82) is 0 Å². The van der Waals surface area contributed by atoms with Crippen molar-refractivity contribution in [3.63, 3.8) is 0 Å². The van der Waals surface area contributed by atoms with E-state index in [1.165, 1.54) is 13.8 Å². The van der Waals surface area contributed by atoms with Gasteiger partial charge in [-0.3, -0.25) is 0 Å².